The number of nitrogens with zero attached hydrogens (tertiary/aromatic N) is 2. The minimum absolute atomic E-state index is 0.141. The molecule has 194 valence electrons. The second-order valence-corrected chi connectivity index (χ2v) is 11.2. The summed E-state index contributed by atoms with van der Waals surface area (Å²) in [4.78, 5) is 40.7. The van der Waals surface area contributed by atoms with Crippen LogP contribution in [0.5, 0.6) is 0 Å². The quantitative estimate of drug-likeness (QED) is 0.215. The van der Waals surface area contributed by atoms with Crippen molar-refractivity contribution in [3.05, 3.63) is 40.4 Å². The average molecular weight is 502 g/mol. The minimum Gasteiger partial charge on any atom is -0.476 e. The van der Waals surface area contributed by atoms with Crippen molar-refractivity contribution in [2.45, 2.75) is 76.8 Å². The van der Waals surface area contributed by atoms with Gasteiger partial charge in [-0.1, -0.05) is 39.8 Å². The van der Waals surface area contributed by atoms with Gasteiger partial charge in [0.05, 0.1) is 5.60 Å². The van der Waals surface area contributed by atoms with Gasteiger partial charge in [0.1, 0.15) is 18.0 Å². The van der Waals surface area contributed by atoms with E-state index in [4.69, 9.17) is 14.9 Å². The highest BCUT2D eigenvalue weighted by molar-refractivity contribution is 6.05. The van der Waals surface area contributed by atoms with Crippen molar-refractivity contribution in [2.75, 3.05) is 0 Å². The van der Waals surface area contributed by atoms with Crippen molar-refractivity contribution in [3.8, 4) is 0 Å². The van der Waals surface area contributed by atoms with Crippen LogP contribution in [0, 0.1) is 34.5 Å². The van der Waals surface area contributed by atoms with E-state index >= 15 is 0 Å². The van der Waals surface area contributed by atoms with Crippen LogP contribution < -0.4 is 0 Å². The molecule has 10 nitrogen and oxygen atoms in total. The summed E-state index contributed by atoms with van der Waals surface area (Å²) in [6.45, 7) is 8.70. The molecule has 4 rings (SSSR count). The van der Waals surface area contributed by atoms with Crippen LogP contribution in [0.15, 0.2) is 35.4 Å². The molecule has 0 amide bonds. The highest BCUT2D eigenvalue weighted by atomic mass is 16.6. The van der Waals surface area contributed by atoms with E-state index in [2.05, 4.69) is 4.98 Å². The molecule has 0 saturated heterocycles. The molecule has 10 heteroatoms. The molecule has 0 radical (unpaired) electrons. The van der Waals surface area contributed by atoms with Crippen molar-refractivity contribution in [2.24, 2.45) is 29.1 Å². The number of aliphatic hydroxyl groups excluding tert-OH is 1. The summed E-state index contributed by atoms with van der Waals surface area (Å²) < 4.78 is 11.9. The van der Waals surface area contributed by atoms with E-state index in [1.165, 1.54) is 6.08 Å². The Bertz CT molecular complexity index is 1150. The van der Waals surface area contributed by atoms with Gasteiger partial charge in [-0.25, -0.2) is 0 Å². The highest BCUT2D eigenvalue weighted by Crippen LogP contribution is 2.77. The Morgan fingerprint density at radius 3 is 2.56 bits per heavy atom. The van der Waals surface area contributed by atoms with E-state index in [9.17, 15) is 29.7 Å². The Kier molecular flexibility index (Phi) is 5.97. The van der Waals surface area contributed by atoms with Crippen molar-refractivity contribution in [3.63, 3.8) is 0 Å². The molecule has 36 heavy (non-hydrogen) atoms. The van der Waals surface area contributed by atoms with Crippen molar-refractivity contribution in [1.29, 1.82) is 5.39 Å². The molecule has 0 bridgehead atoms. The fourth-order valence-electron chi connectivity index (χ4n) is 7.39. The summed E-state index contributed by atoms with van der Waals surface area (Å²) in [5.41, 5.74) is -5.54. The molecule has 2 fully saturated rings. The standard InChI is InChI=1S/C26H32N2O8/c1-6-7-18(30)36-26-20(23(26,4)5)16-9-15(12-29)10-24(33)17(8-13(2)21(24)32)25(16,34)14(3)22(26)35-19(31)11-28-27/h8-9,11-12,14,16-17,20,22,33-34H,6-7,10H2,1-5H3/p+1/b19-11+/t14-,16+,17-,20-,22-,24-,25-,26-/m1/s1. The maximum absolute atomic E-state index is 13.1. The van der Waals surface area contributed by atoms with Gasteiger partial charge >= 0.3 is 18.1 Å². The number of esters is 1. The first kappa shape index (κ1) is 26.0. The Hall–Kier alpha value is -3.03. The molecule has 0 aromatic heterocycles. The summed E-state index contributed by atoms with van der Waals surface area (Å²) in [6, 6.07) is 0. The number of fused-ring (bicyclic) bond motifs is 5. The van der Waals surface area contributed by atoms with Crippen LogP contribution in [0.2, 0.25) is 0 Å². The molecule has 0 aromatic rings. The van der Waals surface area contributed by atoms with Crippen LogP contribution in [0.4, 0.5) is 0 Å². The number of aliphatic hydroxyl groups is 3. The fraction of sp³-hybridized carbons (Fsp3) is 0.654. The molecule has 0 unspecified atom stereocenters. The first-order valence-electron chi connectivity index (χ1n) is 12.2. The smallest absolute Gasteiger partial charge is 0.429 e. The van der Waals surface area contributed by atoms with Gasteiger partial charge in [-0.2, -0.15) is 0 Å². The monoisotopic (exact) mass is 501 g/mol. The molecule has 2 saturated carbocycles. The number of diazo groups is 1. The number of hydrogen-bond acceptors (Lipinski definition) is 9. The summed E-state index contributed by atoms with van der Waals surface area (Å²) in [6.07, 6.45) is 3.65. The summed E-state index contributed by atoms with van der Waals surface area (Å²) >= 11 is 0. The Morgan fingerprint density at radius 1 is 1.31 bits per heavy atom. The third-order valence-electron chi connectivity index (χ3n) is 9.01. The summed E-state index contributed by atoms with van der Waals surface area (Å²) in [7, 11) is 0. The van der Waals surface area contributed by atoms with E-state index in [1.807, 2.05) is 20.8 Å². The lowest BCUT2D eigenvalue weighted by molar-refractivity contribution is -0.228. The van der Waals surface area contributed by atoms with E-state index in [0.29, 0.717) is 18.9 Å². The van der Waals surface area contributed by atoms with Crippen LogP contribution in [0.25, 0.3) is 4.98 Å². The van der Waals surface area contributed by atoms with Crippen LogP contribution in [-0.4, -0.2) is 56.3 Å². The van der Waals surface area contributed by atoms with E-state index < -0.39 is 69.7 Å². The van der Waals surface area contributed by atoms with Gasteiger partial charge < -0.3 is 24.8 Å². The van der Waals surface area contributed by atoms with Gasteiger partial charge in [-0.05, 0) is 24.5 Å². The SMILES string of the molecule is CCCC(=O)O[C@@]12[C@H](O/C(O)=C/[N+]#N)[C@@H](C)[C@@]3(O)[C@@H](C=C(C=O)C[C@]4(O)C(=O)C(C)=C[C@@H]34)[C@@H]1C2(C)C. The zero-order valence-electron chi connectivity index (χ0n) is 21.1. The van der Waals surface area contributed by atoms with Crippen molar-refractivity contribution >= 4 is 18.0 Å². The van der Waals surface area contributed by atoms with Gasteiger partial charge in [0, 0.05) is 41.9 Å². The Labute approximate surface area is 209 Å². The number of carbonyl (C=O) groups is 3. The number of ether oxygens (including phenoxy) is 2. The molecule has 4 aliphatic rings. The van der Waals surface area contributed by atoms with E-state index in [1.54, 1.807) is 19.9 Å². The zero-order chi connectivity index (χ0) is 26.8. The van der Waals surface area contributed by atoms with Crippen LogP contribution >= 0.6 is 0 Å². The van der Waals surface area contributed by atoms with E-state index in [0.717, 1.165) is 0 Å². The van der Waals surface area contributed by atoms with Gasteiger partial charge in [0.25, 0.3) is 0 Å². The fourth-order valence-corrected chi connectivity index (χ4v) is 7.39. The highest BCUT2D eigenvalue weighted by Gasteiger charge is 2.87. The molecule has 0 heterocycles. The van der Waals surface area contributed by atoms with Crippen LogP contribution in [0.1, 0.15) is 53.9 Å². The number of ketones is 1. The van der Waals surface area contributed by atoms with Crippen LogP contribution in [0.3, 0.4) is 0 Å². The summed E-state index contributed by atoms with van der Waals surface area (Å²) in [5.74, 6) is -5.21. The molecular formula is C26H33N2O8+. The predicted molar refractivity (Wildman–Crippen MR) is 125 cm³/mol. The molecule has 0 aliphatic heterocycles. The predicted octanol–water partition coefficient (Wildman–Crippen LogP) is 2.72. The largest absolute Gasteiger partial charge is 0.476 e. The lowest BCUT2D eigenvalue weighted by Gasteiger charge is -2.53. The average Bonchev–Trinajstić information content (AvgIpc) is 3.23. The molecule has 8 atom stereocenters. The Morgan fingerprint density at radius 2 is 1.97 bits per heavy atom. The minimum atomic E-state index is -2.05. The lowest BCUT2D eigenvalue weighted by Crippen LogP contribution is -2.66. The van der Waals surface area contributed by atoms with Crippen LogP contribution in [-0.2, 0) is 23.9 Å². The molecule has 4 aliphatic carbocycles. The van der Waals surface area contributed by atoms with E-state index in [-0.39, 0.29) is 24.0 Å². The van der Waals surface area contributed by atoms with Gasteiger partial charge in [-0.15, -0.1) is 0 Å². The lowest BCUT2D eigenvalue weighted by atomic mass is 9.59. The second-order valence-electron chi connectivity index (χ2n) is 11.2. The Balaban J connectivity index is 1.95. The van der Waals surface area contributed by atoms with Gasteiger partial charge in [0.2, 0.25) is 5.39 Å². The number of Topliss-reactive ketones (excluding diaryl/α,β-unsaturated/α-hetero) is 1. The third-order valence-corrected chi connectivity index (χ3v) is 9.01. The summed E-state index contributed by atoms with van der Waals surface area (Å²) in [5, 5.41) is 43.3. The van der Waals surface area contributed by atoms with Gasteiger partial charge in [0.15, 0.2) is 16.4 Å². The zero-order valence-corrected chi connectivity index (χ0v) is 21.1. The molecular weight excluding hydrogens is 468 g/mol. The third kappa shape index (κ3) is 3.15. The first-order valence-corrected chi connectivity index (χ1v) is 12.2. The van der Waals surface area contributed by atoms with Crippen molar-refractivity contribution < 1.29 is 39.2 Å². The normalized spacial score (nSPS) is 42.4. The molecule has 0 aromatic carbocycles. The number of carbonyl (C=O) groups excluding carboxylic acids is 3. The topological polar surface area (TPSA) is 159 Å². The molecule has 0 spiro atoms. The second kappa shape index (κ2) is 8.25. The van der Waals surface area contributed by atoms with Gasteiger partial charge in [-0.3, -0.25) is 14.4 Å². The first-order chi connectivity index (χ1) is 16.8. The number of hydrogen-bond donors (Lipinski definition) is 3. The maximum atomic E-state index is 13.1. The molecule has 3 N–H and O–H groups in total. The maximum Gasteiger partial charge on any atom is 0.429 e. The van der Waals surface area contributed by atoms with Crippen molar-refractivity contribution in [1.82, 2.24) is 0 Å². The number of rotatable bonds is 6. The number of aldehydes is 1.